The van der Waals surface area contributed by atoms with Gasteiger partial charge >= 0.3 is 6.09 Å². The molecule has 4 aromatic carbocycles. The Morgan fingerprint density at radius 3 is 2.35 bits per heavy atom. The quantitative estimate of drug-likeness (QED) is 0.128. The Balaban J connectivity index is 1.66. The van der Waals surface area contributed by atoms with Gasteiger partial charge in [0.2, 0.25) is 5.91 Å². The van der Waals surface area contributed by atoms with Crippen LogP contribution in [0.4, 0.5) is 21.9 Å². The molecule has 0 saturated carbocycles. The van der Waals surface area contributed by atoms with Gasteiger partial charge in [-0.25, -0.2) is 4.79 Å². The third-order valence-corrected chi connectivity index (χ3v) is 6.01. The SMILES string of the molecule is N#Cc1ccc(NC(=O)O[C@H](c2cccc(OCCO)c2)[C@@H](/C=C/C(=O)Nc2ccccc2N)Oc2ccccc2)cc1. The number of amides is 2. The van der Waals surface area contributed by atoms with Crippen LogP contribution in [0.1, 0.15) is 17.2 Å². The molecule has 0 aliphatic heterocycles. The molecule has 10 heteroatoms. The first kappa shape index (κ1) is 30.2. The van der Waals surface area contributed by atoms with Crippen molar-refractivity contribution in [3.63, 3.8) is 0 Å². The van der Waals surface area contributed by atoms with Crippen LogP contribution in [0.15, 0.2) is 115 Å². The number of ether oxygens (including phenoxy) is 3. The van der Waals surface area contributed by atoms with Crippen LogP contribution in [0.2, 0.25) is 0 Å². The highest BCUT2D eigenvalue weighted by Crippen LogP contribution is 2.30. The fourth-order valence-electron chi connectivity index (χ4n) is 3.99. The highest BCUT2D eigenvalue weighted by Gasteiger charge is 2.28. The van der Waals surface area contributed by atoms with E-state index in [4.69, 9.17) is 25.2 Å². The third-order valence-electron chi connectivity index (χ3n) is 6.01. The van der Waals surface area contributed by atoms with Gasteiger partial charge in [-0.15, -0.1) is 0 Å². The molecular formula is C33H30N4O6. The van der Waals surface area contributed by atoms with Gasteiger partial charge in [-0.2, -0.15) is 5.26 Å². The number of nitrogens with two attached hydrogens (primary N) is 1. The molecule has 0 aliphatic carbocycles. The zero-order valence-electron chi connectivity index (χ0n) is 23.1. The molecular weight excluding hydrogens is 548 g/mol. The summed E-state index contributed by atoms with van der Waals surface area (Å²) in [5, 5.41) is 23.6. The second kappa shape index (κ2) is 15.3. The lowest BCUT2D eigenvalue weighted by atomic mass is 10.0. The van der Waals surface area contributed by atoms with E-state index in [9.17, 15) is 14.7 Å². The average molecular weight is 579 g/mol. The molecule has 0 saturated heterocycles. The molecule has 10 nitrogen and oxygen atoms in total. The van der Waals surface area contributed by atoms with E-state index >= 15 is 0 Å². The number of carbonyl (C=O) groups is 2. The van der Waals surface area contributed by atoms with Crippen LogP contribution in [0.25, 0.3) is 0 Å². The first-order valence-corrected chi connectivity index (χ1v) is 13.3. The van der Waals surface area contributed by atoms with Crippen molar-refractivity contribution in [1.82, 2.24) is 0 Å². The minimum absolute atomic E-state index is 0.0702. The summed E-state index contributed by atoms with van der Waals surface area (Å²) in [7, 11) is 0. The summed E-state index contributed by atoms with van der Waals surface area (Å²) in [5.74, 6) is 0.436. The van der Waals surface area contributed by atoms with E-state index in [2.05, 4.69) is 10.6 Å². The normalized spacial score (nSPS) is 12.0. The molecule has 5 N–H and O–H groups in total. The largest absolute Gasteiger partial charge is 0.491 e. The number of hydrogen-bond acceptors (Lipinski definition) is 8. The number of nitriles is 1. The number of carbonyl (C=O) groups excluding carboxylic acids is 2. The standard InChI is InChI=1S/C33H30N4O6/c34-22-23-13-15-25(16-14-23)36-33(40)43-32(24-7-6-10-27(21-24)41-20-19-38)30(42-26-8-2-1-3-9-26)17-18-31(39)37-29-12-5-4-11-28(29)35/h1-18,21,30,32,38H,19-20,35H2,(H,36,40)(H,37,39)/b18-17+/t30-,32-/m1/s1. The van der Waals surface area contributed by atoms with Crippen molar-refractivity contribution >= 4 is 29.1 Å². The summed E-state index contributed by atoms with van der Waals surface area (Å²) in [6.07, 6.45) is -0.0835. The molecule has 0 aliphatic rings. The predicted octanol–water partition coefficient (Wildman–Crippen LogP) is 5.44. The van der Waals surface area contributed by atoms with E-state index < -0.39 is 24.2 Å². The highest BCUT2D eigenvalue weighted by molar-refractivity contribution is 6.01. The van der Waals surface area contributed by atoms with Crippen molar-refractivity contribution < 1.29 is 28.9 Å². The second-order valence-corrected chi connectivity index (χ2v) is 9.12. The number of para-hydroxylation sites is 3. The third kappa shape index (κ3) is 9.11. The molecule has 4 aromatic rings. The van der Waals surface area contributed by atoms with E-state index in [1.165, 1.54) is 12.2 Å². The zero-order chi connectivity index (χ0) is 30.4. The Labute approximate surface area is 248 Å². The molecule has 2 amide bonds. The van der Waals surface area contributed by atoms with Crippen molar-refractivity contribution in [3.05, 3.63) is 126 Å². The number of nitrogens with zero attached hydrogens (tertiary/aromatic N) is 1. The average Bonchev–Trinajstić information content (AvgIpc) is 3.03. The number of hydrogen-bond donors (Lipinski definition) is 4. The van der Waals surface area contributed by atoms with Gasteiger partial charge in [-0.3, -0.25) is 10.1 Å². The number of benzene rings is 4. The maximum atomic E-state index is 13.1. The maximum absolute atomic E-state index is 13.1. The van der Waals surface area contributed by atoms with Crippen LogP contribution in [-0.2, 0) is 9.53 Å². The van der Waals surface area contributed by atoms with Gasteiger partial charge in [-0.1, -0.05) is 42.5 Å². The van der Waals surface area contributed by atoms with Crippen molar-refractivity contribution in [2.75, 3.05) is 29.6 Å². The molecule has 2 atom stereocenters. The lowest BCUT2D eigenvalue weighted by molar-refractivity contribution is -0.112. The van der Waals surface area contributed by atoms with E-state index in [1.807, 2.05) is 12.1 Å². The van der Waals surface area contributed by atoms with Crippen LogP contribution >= 0.6 is 0 Å². The van der Waals surface area contributed by atoms with Gasteiger partial charge in [-0.05, 0) is 66.7 Å². The second-order valence-electron chi connectivity index (χ2n) is 9.12. The van der Waals surface area contributed by atoms with Crippen molar-refractivity contribution in [2.24, 2.45) is 0 Å². The summed E-state index contributed by atoms with van der Waals surface area (Å²) in [4.78, 5) is 26.0. The topological polar surface area (TPSA) is 156 Å². The Bertz CT molecular complexity index is 1590. The summed E-state index contributed by atoms with van der Waals surface area (Å²) in [6.45, 7) is -0.110. The summed E-state index contributed by atoms with van der Waals surface area (Å²) >= 11 is 0. The molecule has 0 radical (unpaired) electrons. The molecule has 4 rings (SSSR count). The van der Waals surface area contributed by atoms with Gasteiger partial charge in [0.1, 0.15) is 18.1 Å². The maximum Gasteiger partial charge on any atom is 0.412 e. The number of nitrogens with one attached hydrogen (secondary N) is 2. The van der Waals surface area contributed by atoms with Gasteiger partial charge < -0.3 is 30.4 Å². The van der Waals surface area contributed by atoms with Crippen LogP contribution in [0, 0.1) is 11.3 Å². The van der Waals surface area contributed by atoms with Gasteiger partial charge in [0.15, 0.2) is 12.2 Å². The predicted molar refractivity (Wildman–Crippen MR) is 163 cm³/mol. The number of anilines is 3. The van der Waals surface area contributed by atoms with Crippen LogP contribution in [-0.4, -0.2) is 36.4 Å². The number of nitrogen functional groups attached to an aromatic ring is 1. The smallest absolute Gasteiger partial charge is 0.412 e. The molecule has 0 aromatic heterocycles. The minimum atomic E-state index is -1.07. The fourth-order valence-corrected chi connectivity index (χ4v) is 3.99. The number of aliphatic hydroxyl groups is 1. The molecule has 218 valence electrons. The van der Waals surface area contributed by atoms with Crippen molar-refractivity contribution in [2.45, 2.75) is 12.2 Å². The van der Waals surface area contributed by atoms with E-state index in [-0.39, 0.29) is 13.2 Å². The Hall–Kier alpha value is -5.79. The Morgan fingerprint density at radius 1 is 0.907 bits per heavy atom. The molecule has 0 bridgehead atoms. The first-order valence-electron chi connectivity index (χ1n) is 13.3. The van der Waals surface area contributed by atoms with Crippen LogP contribution in [0.3, 0.4) is 0 Å². The zero-order valence-corrected chi connectivity index (χ0v) is 23.1. The molecule has 0 heterocycles. The Morgan fingerprint density at radius 2 is 1.63 bits per heavy atom. The number of rotatable bonds is 12. The molecule has 0 fully saturated rings. The summed E-state index contributed by atoms with van der Waals surface area (Å²) in [6, 6.07) is 30.9. The molecule has 0 unspecified atom stereocenters. The minimum Gasteiger partial charge on any atom is -0.491 e. The monoisotopic (exact) mass is 578 g/mol. The highest BCUT2D eigenvalue weighted by atomic mass is 16.6. The lowest BCUT2D eigenvalue weighted by Crippen LogP contribution is -2.30. The lowest BCUT2D eigenvalue weighted by Gasteiger charge is -2.26. The first-order chi connectivity index (χ1) is 20.9. The van der Waals surface area contributed by atoms with Gasteiger partial charge in [0.25, 0.3) is 0 Å². The summed E-state index contributed by atoms with van der Waals surface area (Å²) in [5.41, 5.74) is 8.17. The van der Waals surface area contributed by atoms with Crippen LogP contribution < -0.4 is 25.8 Å². The fraction of sp³-hybridized carbons (Fsp3) is 0.121. The molecule has 0 spiro atoms. The van der Waals surface area contributed by atoms with E-state index in [0.29, 0.717) is 39.7 Å². The molecule has 43 heavy (non-hydrogen) atoms. The van der Waals surface area contributed by atoms with E-state index in [1.54, 1.807) is 97.1 Å². The summed E-state index contributed by atoms with van der Waals surface area (Å²) < 4.78 is 17.7. The van der Waals surface area contributed by atoms with Crippen LogP contribution in [0.5, 0.6) is 11.5 Å². The van der Waals surface area contributed by atoms with Gasteiger partial charge in [0, 0.05) is 17.3 Å². The Kier molecular flexibility index (Phi) is 10.7. The number of aliphatic hydroxyl groups excluding tert-OH is 1. The van der Waals surface area contributed by atoms with Crippen molar-refractivity contribution in [1.29, 1.82) is 5.26 Å². The van der Waals surface area contributed by atoms with Crippen molar-refractivity contribution in [3.8, 4) is 17.6 Å². The van der Waals surface area contributed by atoms with E-state index in [0.717, 1.165) is 0 Å². The van der Waals surface area contributed by atoms with Gasteiger partial charge in [0.05, 0.1) is 29.6 Å².